The van der Waals surface area contributed by atoms with Crippen LogP contribution in [0.25, 0.3) is 0 Å². The number of rotatable bonds is 7. The Morgan fingerprint density at radius 3 is 2.71 bits per heavy atom. The summed E-state index contributed by atoms with van der Waals surface area (Å²) in [4.78, 5) is 9.31. The molecule has 0 bridgehead atoms. The normalized spacial score (nSPS) is 18.1. The Hall–Kier alpha value is -1.75. The minimum Gasteiger partial charge on any atom is -0.384 e. The van der Waals surface area contributed by atoms with E-state index in [2.05, 4.69) is 60.4 Å². The zero-order chi connectivity index (χ0) is 17.4. The standard InChI is InChI=1S/C19H32N4O/c1-5-20-19(23-13-11-17(14-23)15-24-4)21-12-10-16-6-8-18(9-7-16)22(2)3/h6-9,17H,5,10-15H2,1-4H3,(H,20,21). The number of nitrogens with zero attached hydrogens (tertiary/aromatic N) is 3. The number of ether oxygens (including phenoxy) is 1. The van der Waals surface area contributed by atoms with Gasteiger partial charge in [0, 0.05) is 59.0 Å². The Bertz CT molecular complexity index is 513. The summed E-state index contributed by atoms with van der Waals surface area (Å²) in [5, 5.41) is 3.43. The molecule has 1 aromatic carbocycles. The van der Waals surface area contributed by atoms with Gasteiger partial charge in [-0.25, -0.2) is 0 Å². The third-order valence-electron chi connectivity index (χ3n) is 4.44. The molecule has 1 unspecified atom stereocenters. The lowest BCUT2D eigenvalue weighted by Crippen LogP contribution is -2.40. The van der Waals surface area contributed by atoms with Crippen LogP contribution in [0.3, 0.4) is 0 Å². The molecule has 24 heavy (non-hydrogen) atoms. The average Bonchev–Trinajstić information content (AvgIpc) is 3.03. The van der Waals surface area contributed by atoms with Gasteiger partial charge in [0.25, 0.3) is 0 Å². The minimum atomic E-state index is 0.623. The van der Waals surface area contributed by atoms with Crippen LogP contribution >= 0.6 is 0 Å². The molecule has 1 atom stereocenters. The lowest BCUT2D eigenvalue weighted by Gasteiger charge is -2.21. The summed E-state index contributed by atoms with van der Waals surface area (Å²) in [5.74, 6) is 1.67. The van der Waals surface area contributed by atoms with Gasteiger partial charge in [0.15, 0.2) is 5.96 Å². The summed E-state index contributed by atoms with van der Waals surface area (Å²) < 4.78 is 5.29. The van der Waals surface area contributed by atoms with Gasteiger partial charge in [0.2, 0.25) is 0 Å². The Morgan fingerprint density at radius 2 is 2.08 bits per heavy atom. The SMILES string of the molecule is CCNC(=NCCc1ccc(N(C)C)cc1)N1CCC(COC)C1. The van der Waals surface area contributed by atoms with Gasteiger partial charge in [-0.1, -0.05) is 12.1 Å². The molecular weight excluding hydrogens is 300 g/mol. The summed E-state index contributed by atoms with van der Waals surface area (Å²) in [6.07, 6.45) is 2.15. The molecule has 0 amide bonds. The van der Waals surface area contributed by atoms with Crippen LogP contribution in [0.2, 0.25) is 0 Å². The molecule has 5 nitrogen and oxygen atoms in total. The summed E-state index contributed by atoms with van der Waals surface area (Å²) in [7, 11) is 5.91. The van der Waals surface area contributed by atoms with E-state index in [1.807, 2.05) is 0 Å². The second kappa shape index (κ2) is 9.52. The van der Waals surface area contributed by atoms with Crippen LogP contribution < -0.4 is 10.2 Å². The van der Waals surface area contributed by atoms with Crippen molar-refractivity contribution < 1.29 is 4.74 Å². The highest BCUT2D eigenvalue weighted by atomic mass is 16.5. The van der Waals surface area contributed by atoms with E-state index < -0.39 is 0 Å². The highest BCUT2D eigenvalue weighted by Crippen LogP contribution is 2.16. The van der Waals surface area contributed by atoms with E-state index in [4.69, 9.17) is 9.73 Å². The number of hydrogen-bond acceptors (Lipinski definition) is 3. The number of nitrogens with one attached hydrogen (secondary N) is 1. The monoisotopic (exact) mass is 332 g/mol. The maximum Gasteiger partial charge on any atom is 0.193 e. The third kappa shape index (κ3) is 5.41. The van der Waals surface area contributed by atoms with E-state index in [0.29, 0.717) is 5.92 Å². The fraction of sp³-hybridized carbons (Fsp3) is 0.632. The lowest BCUT2D eigenvalue weighted by atomic mass is 10.1. The number of hydrogen-bond donors (Lipinski definition) is 1. The molecule has 0 aromatic heterocycles. The first-order valence-electron chi connectivity index (χ1n) is 8.92. The summed E-state index contributed by atoms with van der Waals surface area (Å²) in [5.41, 5.74) is 2.57. The van der Waals surface area contributed by atoms with Gasteiger partial charge in [-0.05, 0) is 37.5 Å². The maximum atomic E-state index is 5.29. The predicted octanol–water partition coefficient (Wildman–Crippen LogP) is 2.23. The molecule has 1 aliphatic rings. The van der Waals surface area contributed by atoms with Gasteiger partial charge >= 0.3 is 0 Å². The van der Waals surface area contributed by atoms with Crippen LogP contribution in [-0.4, -0.2) is 64.9 Å². The van der Waals surface area contributed by atoms with Gasteiger partial charge in [-0.3, -0.25) is 4.99 Å². The zero-order valence-corrected chi connectivity index (χ0v) is 15.6. The highest BCUT2D eigenvalue weighted by molar-refractivity contribution is 5.80. The molecule has 0 spiro atoms. The van der Waals surface area contributed by atoms with Crippen LogP contribution in [0.4, 0.5) is 5.69 Å². The van der Waals surface area contributed by atoms with Crippen molar-refractivity contribution >= 4 is 11.6 Å². The summed E-state index contributed by atoms with van der Waals surface area (Å²) in [6, 6.07) is 8.73. The maximum absolute atomic E-state index is 5.29. The van der Waals surface area contributed by atoms with E-state index in [0.717, 1.165) is 45.2 Å². The van der Waals surface area contributed by atoms with Crippen molar-refractivity contribution in [3.05, 3.63) is 29.8 Å². The molecule has 134 valence electrons. The molecule has 0 saturated carbocycles. The topological polar surface area (TPSA) is 40.1 Å². The molecule has 2 rings (SSSR count). The summed E-state index contributed by atoms with van der Waals surface area (Å²) >= 11 is 0. The first-order chi connectivity index (χ1) is 11.6. The van der Waals surface area contributed by atoms with Crippen molar-refractivity contribution in [2.75, 3.05) is 58.9 Å². The van der Waals surface area contributed by atoms with Gasteiger partial charge < -0.3 is 19.9 Å². The second-order valence-electron chi connectivity index (χ2n) is 6.60. The molecule has 1 N–H and O–H groups in total. The molecule has 1 heterocycles. The number of benzene rings is 1. The largest absolute Gasteiger partial charge is 0.384 e. The highest BCUT2D eigenvalue weighted by Gasteiger charge is 2.24. The number of anilines is 1. The predicted molar refractivity (Wildman–Crippen MR) is 102 cm³/mol. The van der Waals surface area contributed by atoms with E-state index in [1.54, 1.807) is 7.11 Å². The smallest absolute Gasteiger partial charge is 0.193 e. The quantitative estimate of drug-likeness (QED) is 0.614. The van der Waals surface area contributed by atoms with E-state index >= 15 is 0 Å². The van der Waals surface area contributed by atoms with Gasteiger partial charge in [0.1, 0.15) is 0 Å². The average molecular weight is 332 g/mol. The van der Waals surface area contributed by atoms with Crippen molar-refractivity contribution in [3.8, 4) is 0 Å². The second-order valence-corrected chi connectivity index (χ2v) is 6.60. The molecule has 1 aliphatic heterocycles. The van der Waals surface area contributed by atoms with Crippen molar-refractivity contribution in [3.63, 3.8) is 0 Å². The number of methoxy groups -OCH3 is 1. The molecule has 1 saturated heterocycles. The number of likely N-dealkylation sites (tertiary alicyclic amines) is 1. The van der Waals surface area contributed by atoms with Crippen molar-refractivity contribution in [1.29, 1.82) is 0 Å². The zero-order valence-electron chi connectivity index (χ0n) is 15.6. The number of guanidine groups is 1. The fourth-order valence-electron chi connectivity index (χ4n) is 3.07. The Labute approximate surface area is 146 Å². The van der Waals surface area contributed by atoms with E-state index in [-0.39, 0.29) is 0 Å². The van der Waals surface area contributed by atoms with E-state index in [9.17, 15) is 0 Å². The van der Waals surface area contributed by atoms with Crippen LogP contribution in [0.5, 0.6) is 0 Å². The van der Waals surface area contributed by atoms with E-state index in [1.165, 1.54) is 17.7 Å². The van der Waals surface area contributed by atoms with Gasteiger partial charge in [0.05, 0.1) is 6.61 Å². The molecule has 0 aliphatic carbocycles. The Kier molecular flexibility index (Phi) is 7.37. The molecule has 0 radical (unpaired) electrons. The molecular formula is C19H32N4O. The Balaban J connectivity index is 1.89. The van der Waals surface area contributed by atoms with Crippen molar-refractivity contribution in [2.45, 2.75) is 19.8 Å². The summed E-state index contributed by atoms with van der Waals surface area (Å²) in [6.45, 7) is 6.79. The van der Waals surface area contributed by atoms with Crippen LogP contribution in [0.15, 0.2) is 29.3 Å². The van der Waals surface area contributed by atoms with Crippen molar-refractivity contribution in [1.82, 2.24) is 10.2 Å². The number of aliphatic imine (C=N–C) groups is 1. The minimum absolute atomic E-state index is 0.623. The first kappa shape index (κ1) is 18.6. The fourth-order valence-corrected chi connectivity index (χ4v) is 3.07. The van der Waals surface area contributed by atoms with Gasteiger partial charge in [-0.15, -0.1) is 0 Å². The Morgan fingerprint density at radius 1 is 1.33 bits per heavy atom. The van der Waals surface area contributed by atoms with Crippen LogP contribution in [-0.2, 0) is 11.2 Å². The van der Waals surface area contributed by atoms with Gasteiger partial charge in [-0.2, -0.15) is 0 Å². The molecule has 1 aromatic rings. The lowest BCUT2D eigenvalue weighted by molar-refractivity contribution is 0.157. The van der Waals surface area contributed by atoms with Crippen LogP contribution in [0, 0.1) is 5.92 Å². The third-order valence-corrected chi connectivity index (χ3v) is 4.44. The first-order valence-corrected chi connectivity index (χ1v) is 8.92. The molecule has 1 fully saturated rings. The van der Waals surface area contributed by atoms with Crippen LogP contribution in [0.1, 0.15) is 18.9 Å². The molecule has 5 heteroatoms. The van der Waals surface area contributed by atoms with Crippen molar-refractivity contribution in [2.24, 2.45) is 10.9 Å².